The van der Waals surface area contributed by atoms with Crippen LogP contribution in [0.25, 0.3) is 0 Å². The molecule has 2 heterocycles. The van der Waals surface area contributed by atoms with Gasteiger partial charge in [0.25, 0.3) is 0 Å². The van der Waals surface area contributed by atoms with E-state index in [0.717, 1.165) is 14.9 Å². The molecule has 18 nitrogen and oxygen atoms in total. The Hall–Kier alpha value is -6.47. The first-order valence-electron chi connectivity index (χ1n) is 24.9. The summed E-state index contributed by atoms with van der Waals surface area (Å²) in [5, 5.41) is 22.2. The fourth-order valence-electron chi connectivity index (χ4n) is 9.20. The lowest BCUT2D eigenvalue weighted by Gasteiger charge is -2.43. The Morgan fingerprint density at radius 3 is 1.97 bits per heavy atom. The van der Waals surface area contributed by atoms with Gasteiger partial charge in [0.2, 0.25) is 29.5 Å². The zero-order valence-electron chi connectivity index (χ0n) is 42.1. The predicted octanol–water partition coefficient (Wildman–Crippen LogP) is 4.32. The number of carbonyl (C=O) groups is 9. The number of halogens is 1. The molecule has 73 heavy (non-hydrogen) atoms. The first kappa shape index (κ1) is 55.8. The second-order valence-corrected chi connectivity index (χ2v) is 20.7. The Bertz CT molecular complexity index is 2470. The molecule has 3 fully saturated rings. The lowest BCUT2D eigenvalue weighted by molar-refractivity contribution is -0.167. The number of nitrogens with zero attached hydrogens (tertiary/aromatic N) is 2. The molecule has 0 radical (unpaired) electrons. The highest BCUT2D eigenvalue weighted by Gasteiger charge is 2.47. The number of carbonyl (C=O) groups excluding carboxylic acids is 9. The van der Waals surface area contributed by atoms with Crippen LogP contribution in [0.5, 0.6) is 0 Å². The molecule has 2 bridgehead atoms. The molecule has 0 aromatic heterocycles. The lowest BCUT2D eigenvalue weighted by atomic mass is 9.86. The highest BCUT2D eigenvalue weighted by molar-refractivity contribution is 9.10. The van der Waals surface area contributed by atoms with Gasteiger partial charge in [-0.25, -0.2) is 9.59 Å². The normalized spacial score (nSPS) is 25.5. The number of aliphatic hydroxyl groups excluding tert-OH is 1. The summed E-state index contributed by atoms with van der Waals surface area (Å²) in [5.74, 6) is -8.91. The Morgan fingerprint density at radius 1 is 0.753 bits per heavy atom. The van der Waals surface area contributed by atoms with E-state index in [-0.39, 0.29) is 44.6 Å². The molecule has 3 aromatic rings. The number of amides is 6. The summed E-state index contributed by atoms with van der Waals surface area (Å²) in [7, 11) is 1.43. The summed E-state index contributed by atoms with van der Waals surface area (Å²) in [5.41, 5.74) is 2.06. The van der Waals surface area contributed by atoms with Crippen molar-refractivity contribution in [3.63, 3.8) is 0 Å². The lowest BCUT2D eigenvalue weighted by Crippen LogP contribution is -2.62. The van der Waals surface area contributed by atoms with Crippen LogP contribution in [0.2, 0.25) is 0 Å². The molecule has 1 aliphatic carbocycles. The second-order valence-electron chi connectivity index (χ2n) is 19.8. The van der Waals surface area contributed by atoms with E-state index < -0.39 is 126 Å². The van der Waals surface area contributed by atoms with Gasteiger partial charge in [0.1, 0.15) is 43.1 Å². The Labute approximate surface area is 434 Å². The third kappa shape index (κ3) is 15.1. The van der Waals surface area contributed by atoms with E-state index in [9.17, 15) is 43.5 Å². The third-order valence-corrected chi connectivity index (χ3v) is 14.4. The maximum absolute atomic E-state index is 15.1. The van der Waals surface area contributed by atoms with E-state index >= 15 is 4.79 Å². The molecule has 10 atom stereocenters. The maximum atomic E-state index is 15.1. The van der Waals surface area contributed by atoms with Gasteiger partial charge < -0.3 is 45.6 Å². The Kier molecular flexibility index (Phi) is 19.5. The number of alkyl carbamates (subject to hydrolysis) is 1. The van der Waals surface area contributed by atoms with Gasteiger partial charge >= 0.3 is 12.1 Å². The number of ketones is 2. The van der Waals surface area contributed by atoms with E-state index in [1.54, 1.807) is 92.7 Å². The number of benzene rings is 3. The number of fused-ring (bicyclic) bond motifs is 2. The topological polar surface area (TPSA) is 247 Å². The van der Waals surface area contributed by atoms with Crippen molar-refractivity contribution < 1.29 is 57.7 Å². The summed E-state index contributed by atoms with van der Waals surface area (Å²) in [4.78, 5) is 130. The minimum absolute atomic E-state index is 0.0152. The van der Waals surface area contributed by atoms with Crippen LogP contribution < -0.4 is 21.3 Å². The van der Waals surface area contributed by atoms with Crippen LogP contribution in [-0.4, -0.2) is 124 Å². The van der Waals surface area contributed by atoms with E-state index in [2.05, 4.69) is 37.2 Å². The van der Waals surface area contributed by atoms with Crippen LogP contribution in [0.1, 0.15) is 89.8 Å². The quantitative estimate of drug-likeness (QED) is 0.142. The van der Waals surface area contributed by atoms with Gasteiger partial charge in [0, 0.05) is 43.1 Å². The molecule has 2 saturated heterocycles. The number of piperidine rings is 1. The Balaban J connectivity index is 1.31. The van der Waals surface area contributed by atoms with E-state index in [0.29, 0.717) is 24.0 Å². The van der Waals surface area contributed by atoms with Crippen molar-refractivity contribution in [3.8, 4) is 0 Å². The zero-order valence-corrected chi connectivity index (χ0v) is 43.7. The van der Waals surface area contributed by atoms with Crippen LogP contribution in [-0.2, 0) is 67.3 Å². The Morgan fingerprint density at radius 2 is 1.36 bits per heavy atom. The van der Waals surface area contributed by atoms with Crippen molar-refractivity contribution in [2.75, 3.05) is 7.05 Å². The average Bonchev–Trinajstić information content (AvgIpc) is 4.21. The van der Waals surface area contributed by atoms with E-state index in [1.165, 1.54) is 32.7 Å². The van der Waals surface area contributed by atoms with Crippen LogP contribution in [0.4, 0.5) is 4.79 Å². The molecule has 3 aromatic carbocycles. The zero-order chi connectivity index (χ0) is 53.1. The molecule has 3 aliphatic rings. The highest BCUT2D eigenvalue weighted by atomic mass is 79.9. The highest BCUT2D eigenvalue weighted by Crippen LogP contribution is 2.36. The average molecular weight is 1070 g/mol. The third-order valence-electron chi connectivity index (χ3n) is 13.9. The first-order valence-corrected chi connectivity index (χ1v) is 25.7. The summed E-state index contributed by atoms with van der Waals surface area (Å²) >= 11 is 3.44. The maximum Gasteiger partial charge on any atom is 0.408 e. The smallest absolute Gasteiger partial charge is 0.408 e. The van der Waals surface area contributed by atoms with Crippen molar-refractivity contribution in [2.24, 2.45) is 23.7 Å². The molecule has 19 heteroatoms. The summed E-state index contributed by atoms with van der Waals surface area (Å²) < 4.78 is 12.0. The number of rotatable bonds is 14. The van der Waals surface area contributed by atoms with Crippen LogP contribution in [0.3, 0.4) is 0 Å². The van der Waals surface area contributed by atoms with Crippen molar-refractivity contribution in [1.82, 2.24) is 31.1 Å². The number of esters is 1. The molecule has 0 unspecified atom stereocenters. The van der Waals surface area contributed by atoms with Gasteiger partial charge in [-0.05, 0) is 87.1 Å². The number of ether oxygens (including phenoxy) is 2. The summed E-state index contributed by atoms with van der Waals surface area (Å²) in [6.45, 7) is 7.52. The van der Waals surface area contributed by atoms with Crippen molar-refractivity contribution in [1.29, 1.82) is 0 Å². The van der Waals surface area contributed by atoms with Gasteiger partial charge in [-0.15, -0.1) is 0 Å². The molecule has 6 amide bonds. The SMILES string of the molecule is CC(C)[C@@H]1NC(=O)[C@H](Cc2ccccc2)N(C)C(=O)[C@H](Cc2ccc(Br)cc2)N2C(=O)[C@H](CC[C@H]2O)CC(=O)[C@H](C2CC2)NC(=O)[C@@H](CC(=O)[C@H](C)NC(=O)[C@H](C)NC(=O)OCc2ccccc2)[C@@H](C)OC1=O. The van der Waals surface area contributed by atoms with Crippen molar-refractivity contribution >= 4 is 69.1 Å². The number of hydrogen-bond acceptors (Lipinski definition) is 12. The number of likely N-dealkylation sites (N-methyl/N-ethyl adjacent to an activating group) is 1. The fourth-order valence-corrected chi connectivity index (χ4v) is 9.46. The number of cyclic esters (lactones) is 1. The fraction of sp³-hybridized carbons (Fsp3) is 0.500. The molecular weight excluding hydrogens is 1000 g/mol. The van der Waals surface area contributed by atoms with Crippen molar-refractivity contribution in [2.45, 2.75) is 141 Å². The molecular formula is C54H67BrN6O12. The van der Waals surface area contributed by atoms with Gasteiger partial charge in [0.05, 0.1) is 18.0 Å². The predicted molar refractivity (Wildman–Crippen MR) is 270 cm³/mol. The minimum Gasteiger partial charge on any atom is -0.460 e. The second kappa shape index (κ2) is 25.5. The number of nitrogens with one attached hydrogen (secondary N) is 4. The van der Waals surface area contributed by atoms with Gasteiger partial charge in [-0.1, -0.05) is 103 Å². The van der Waals surface area contributed by atoms with Crippen LogP contribution in [0.15, 0.2) is 89.4 Å². The monoisotopic (exact) mass is 1070 g/mol. The van der Waals surface area contributed by atoms with E-state index in [4.69, 9.17) is 9.47 Å². The van der Waals surface area contributed by atoms with Crippen LogP contribution in [0, 0.1) is 23.7 Å². The number of Topliss-reactive ketones (excluding diaryl/α,β-unsaturated/α-hetero) is 2. The van der Waals surface area contributed by atoms with E-state index in [1.807, 2.05) is 6.07 Å². The van der Waals surface area contributed by atoms with Gasteiger partial charge in [0.15, 0.2) is 11.6 Å². The largest absolute Gasteiger partial charge is 0.460 e. The first-order chi connectivity index (χ1) is 34.7. The van der Waals surface area contributed by atoms with Crippen LogP contribution >= 0.6 is 15.9 Å². The van der Waals surface area contributed by atoms with Gasteiger partial charge in [-0.2, -0.15) is 0 Å². The molecule has 0 spiro atoms. The van der Waals surface area contributed by atoms with Crippen molar-refractivity contribution in [3.05, 3.63) is 106 Å². The summed E-state index contributed by atoms with van der Waals surface area (Å²) in [6, 6.07) is 17.6. The number of hydrogen-bond donors (Lipinski definition) is 5. The molecule has 1 saturated carbocycles. The molecule has 392 valence electrons. The molecule has 6 rings (SSSR count). The summed E-state index contributed by atoms with van der Waals surface area (Å²) in [6.07, 6.45) is -3.30. The molecule has 2 aliphatic heterocycles. The standard InChI is InChI=1S/C54H67BrN6O12/c1-30(2)46-53(70)73-33(5)40(28-43(62)31(3)56-48(65)32(4)57-54(71)72-29-36-15-11-8-12-16-36)49(66)59-47(37-19-20-37)44(63)27-38-21-24-45(64)61(51(38)68)42(26-35-17-22-39(55)23-18-35)52(69)60(6)41(50(67)58-46)25-34-13-9-7-10-14-34/h7-18,22-23,30-33,37-38,40-42,45-47,64H,19-21,24-29H2,1-6H3,(H,56,65)(H,57,71)(H,58,67)(H,59,66)/t31-,32-,33+,38+,40-,41-,42-,45+,46-,47-/m0/s1. The van der Waals surface area contributed by atoms with Gasteiger partial charge in [-0.3, -0.25) is 33.6 Å². The minimum atomic E-state index is -1.42. The molecule has 5 N–H and O–H groups in total. The number of aliphatic hydroxyl groups is 1.